The van der Waals surface area contributed by atoms with Crippen LogP contribution in [0.1, 0.15) is 16.8 Å². The van der Waals surface area contributed by atoms with Gasteiger partial charge in [0.15, 0.2) is 0 Å². The lowest BCUT2D eigenvalue weighted by molar-refractivity contribution is -0.145. The Labute approximate surface area is 116 Å². The van der Waals surface area contributed by atoms with Crippen LogP contribution in [0.15, 0.2) is 30.3 Å². The average Bonchev–Trinajstić information content (AvgIpc) is 2.49. The van der Waals surface area contributed by atoms with Crippen molar-refractivity contribution in [3.05, 3.63) is 35.9 Å². The number of piperazine rings is 1. The third kappa shape index (κ3) is 2.96. The van der Waals surface area contributed by atoms with Crippen molar-refractivity contribution in [1.29, 1.82) is 0 Å². The van der Waals surface area contributed by atoms with Gasteiger partial charge in [-0.25, -0.2) is 0 Å². The lowest BCUT2D eigenvalue weighted by Crippen LogP contribution is -2.57. The molecule has 1 aromatic carbocycles. The number of benzene rings is 1. The second-order valence-electron chi connectivity index (χ2n) is 4.45. The maximum absolute atomic E-state index is 12.4. The first-order valence-corrected chi connectivity index (χ1v) is 6.34. The van der Waals surface area contributed by atoms with E-state index in [1.54, 1.807) is 24.3 Å². The maximum atomic E-state index is 12.4. The van der Waals surface area contributed by atoms with Gasteiger partial charge >= 0.3 is 5.97 Å². The highest BCUT2D eigenvalue weighted by Crippen LogP contribution is 2.14. The molecule has 106 valence electrons. The first kappa shape index (κ1) is 14.0. The van der Waals surface area contributed by atoms with E-state index in [0.717, 1.165) is 0 Å². The van der Waals surface area contributed by atoms with Crippen LogP contribution in [-0.4, -0.2) is 48.9 Å². The van der Waals surface area contributed by atoms with Crippen LogP contribution in [0.5, 0.6) is 0 Å². The molecule has 20 heavy (non-hydrogen) atoms. The smallest absolute Gasteiger partial charge is 0.308 e. The quantitative estimate of drug-likeness (QED) is 0.800. The SMILES string of the molecule is COC(=O)C[C@H]1C(=O)NCCN1C(=O)c1ccccc1. The van der Waals surface area contributed by atoms with E-state index in [9.17, 15) is 14.4 Å². The zero-order valence-electron chi connectivity index (χ0n) is 11.2. The summed E-state index contributed by atoms with van der Waals surface area (Å²) in [6, 6.07) is 7.88. The molecule has 1 fully saturated rings. The molecule has 2 rings (SSSR count). The normalized spacial score (nSPS) is 18.4. The van der Waals surface area contributed by atoms with Crippen LogP contribution in [0.25, 0.3) is 0 Å². The number of carbonyl (C=O) groups excluding carboxylic acids is 3. The number of hydrogen-bond acceptors (Lipinski definition) is 4. The minimum atomic E-state index is -0.816. The van der Waals surface area contributed by atoms with Gasteiger partial charge in [-0.2, -0.15) is 0 Å². The number of esters is 1. The topological polar surface area (TPSA) is 75.7 Å². The van der Waals surface area contributed by atoms with Crippen LogP contribution in [0.3, 0.4) is 0 Å². The highest BCUT2D eigenvalue weighted by molar-refractivity contribution is 5.99. The lowest BCUT2D eigenvalue weighted by atomic mass is 10.1. The molecular weight excluding hydrogens is 260 g/mol. The molecule has 1 atom stereocenters. The molecule has 0 aromatic heterocycles. The summed E-state index contributed by atoms with van der Waals surface area (Å²) < 4.78 is 4.58. The first-order chi connectivity index (χ1) is 9.63. The number of carbonyl (C=O) groups is 3. The van der Waals surface area contributed by atoms with Gasteiger partial charge in [-0.1, -0.05) is 18.2 Å². The van der Waals surface area contributed by atoms with Crippen LogP contribution < -0.4 is 5.32 Å². The fourth-order valence-corrected chi connectivity index (χ4v) is 2.15. The molecule has 1 N–H and O–H groups in total. The third-order valence-electron chi connectivity index (χ3n) is 3.20. The molecule has 0 spiro atoms. The zero-order valence-corrected chi connectivity index (χ0v) is 11.2. The lowest BCUT2D eigenvalue weighted by Gasteiger charge is -2.34. The molecule has 0 saturated carbocycles. The summed E-state index contributed by atoms with van der Waals surface area (Å²) in [4.78, 5) is 37.1. The van der Waals surface area contributed by atoms with Crippen LogP contribution in [0.2, 0.25) is 0 Å². The molecule has 0 aliphatic carbocycles. The van der Waals surface area contributed by atoms with Crippen LogP contribution in [-0.2, 0) is 14.3 Å². The summed E-state index contributed by atoms with van der Waals surface area (Å²) in [6.07, 6.45) is -0.138. The Balaban J connectivity index is 2.20. The second-order valence-corrected chi connectivity index (χ2v) is 4.45. The van der Waals surface area contributed by atoms with E-state index in [0.29, 0.717) is 18.7 Å². The van der Waals surface area contributed by atoms with Crippen LogP contribution in [0.4, 0.5) is 0 Å². The highest BCUT2D eigenvalue weighted by atomic mass is 16.5. The summed E-state index contributed by atoms with van der Waals surface area (Å²) in [7, 11) is 1.26. The molecule has 6 nitrogen and oxygen atoms in total. The molecule has 1 aromatic rings. The van der Waals surface area contributed by atoms with Crippen molar-refractivity contribution in [2.24, 2.45) is 0 Å². The summed E-state index contributed by atoms with van der Waals surface area (Å²) in [5.74, 6) is -1.10. The van der Waals surface area contributed by atoms with Crippen LogP contribution >= 0.6 is 0 Å². The molecule has 2 amide bonds. The second kappa shape index (κ2) is 6.18. The molecule has 1 aliphatic rings. The van der Waals surface area contributed by atoms with Crippen molar-refractivity contribution in [1.82, 2.24) is 10.2 Å². The van der Waals surface area contributed by atoms with Crippen molar-refractivity contribution >= 4 is 17.8 Å². The summed E-state index contributed by atoms with van der Waals surface area (Å²) in [5.41, 5.74) is 0.497. The van der Waals surface area contributed by atoms with Crippen molar-refractivity contribution in [3.63, 3.8) is 0 Å². The van der Waals surface area contributed by atoms with E-state index in [1.807, 2.05) is 6.07 Å². The van der Waals surface area contributed by atoms with Gasteiger partial charge in [-0.3, -0.25) is 14.4 Å². The molecular formula is C14H16N2O4. The molecule has 1 heterocycles. The summed E-state index contributed by atoms with van der Waals surface area (Å²) in [6.45, 7) is 0.760. The van der Waals surface area contributed by atoms with Gasteiger partial charge in [0, 0.05) is 18.7 Å². The van der Waals surface area contributed by atoms with Gasteiger partial charge in [0.25, 0.3) is 5.91 Å². The minimum absolute atomic E-state index is 0.138. The average molecular weight is 276 g/mol. The molecule has 0 unspecified atom stereocenters. The molecule has 1 saturated heterocycles. The number of nitrogens with one attached hydrogen (secondary N) is 1. The third-order valence-corrected chi connectivity index (χ3v) is 3.20. The Morgan fingerprint density at radius 1 is 1.35 bits per heavy atom. The molecule has 6 heteroatoms. The van der Waals surface area contributed by atoms with Gasteiger partial charge in [-0.05, 0) is 12.1 Å². The monoisotopic (exact) mass is 276 g/mol. The Morgan fingerprint density at radius 2 is 2.05 bits per heavy atom. The first-order valence-electron chi connectivity index (χ1n) is 6.34. The predicted molar refractivity (Wildman–Crippen MR) is 70.9 cm³/mol. The number of ether oxygens (including phenoxy) is 1. The van der Waals surface area contributed by atoms with Crippen molar-refractivity contribution < 1.29 is 19.1 Å². The zero-order chi connectivity index (χ0) is 14.5. The molecule has 0 radical (unpaired) electrons. The van der Waals surface area contributed by atoms with Crippen molar-refractivity contribution in [2.45, 2.75) is 12.5 Å². The van der Waals surface area contributed by atoms with E-state index >= 15 is 0 Å². The Bertz CT molecular complexity index is 515. The fourth-order valence-electron chi connectivity index (χ4n) is 2.15. The predicted octanol–water partition coefficient (Wildman–Crippen LogP) is 0.190. The highest BCUT2D eigenvalue weighted by Gasteiger charge is 2.35. The Morgan fingerprint density at radius 3 is 2.70 bits per heavy atom. The number of amides is 2. The van der Waals surface area contributed by atoms with Gasteiger partial charge in [0.2, 0.25) is 5.91 Å². The standard InChI is InChI=1S/C14H16N2O4/c1-20-12(17)9-11-13(18)15-7-8-16(11)14(19)10-5-3-2-4-6-10/h2-6,11H,7-9H2,1H3,(H,15,18)/t11-/m0/s1. The Kier molecular flexibility index (Phi) is 4.34. The number of rotatable bonds is 3. The summed E-state index contributed by atoms with van der Waals surface area (Å²) in [5, 5.41) is 2.66. The van der Waals surface area contributed by atoms with Crippen molar-refractivity contribution in [2.75, 3.05) is 20.2 Å². The van der Waals surface area contributed by atoms with E-state index < -0.39 is 12.0 Å². The van der Waals surface area contributed by atoms with E-state index in [2.05, 4.69) is 10.1 Å². The maximum Gasteiger partial charge on any atom is 0.308 e. The van der Waals surface area contributed by atoms with Crippen LogP contribution in [0, 0.1) is 0 Å². The molecule has 0 bridgehead atoms. The summed E-state index contributed by atoms with van der Waals surface area (Å²) >= 11 is 0. The van der Waals surface area contributed by atoms with Gasteiger partial charge < -0.3 is 15.0 Å². The Hall–Kier alpha value is -2.37. The van der Waals surface area contributed by atoms with E-state index in [4.69, 9.17) is 0 Å². The van der Waals surface area contributed by atoms with E-state index in [1.165, 1.54) is 12.0 Å². The fraction of sp³-hybridized carbons (Fsp3) is 0.357. The van der Waals surface area contributed by atoms with Gasteiger partial charge in [0.1, 0.15) is 6.04 Å². The number of nitrogens with zero attached hydrogens (tertiary/aromatic N) is 1. The van der Waals surface area contributed by atoms with Gasteiger partial charge in [-0.15, -0.1) is 0 Å². The van der Waals surface area contributed by atoms with E-state index in [-0.39, 0.29) is 18.2 Å². The largest absolute Gasteiger partial charge is 0.469 e. The van der Waals surface area contributed by atoms with Crippen molar-refractivity contribution in [3.8, 4) is 0 Å². The minimum Gasteiger partial charge on any atom is -0.469 e. The van der Waals surface area contributed by atoms with Gasteiger partial charge in [0.05, 0.1) is 13.5 Å². The number of hydrogen-bond donors (Lipinski definition) is 1. The molecule has 1 aliphatic heterocycles. The number of methoxy groups -OCH3 is 1.